The van der Waals surface area contributed by atoms with Crippen molar-refractivity contribution in [2.24, 2.45) is 0 Å². The second-order valence-electron chi connectivity index (χ2n) is 5.34. The van der Waals surface area contributed by atoms with E-state index in [1.54, 1.807) is 20.2 Å². The van der Waals surface area contributed by atoms with Gasteiger partial charge in [-0.05, 0) is 56.8 Å². The maximum absolute atomic E-state index is 11.5. The fourth-order valence-corrected chi connectivity index (χ4v) is 3.49. The van der Waals surface area contributed by atoms with Crippen LogP contribution >= 0.6 is 11.9 Å². The Balaban J connectivity index is 2.29. The zero-order valence-electron chi connectivity index (χ0n) is 13.1. The number of anilines is 1. The van der Waals surface area contributed by atoms with Gasteiger partial charge in [0.2, 0.25) is 0 Å². The van der Waals surface area contributed by atoms with Crippen molar-refractivity contribution in [2.45, 2.75) is 36.6 Å². The summed E-state index contributed by atoms with van der Waals surface area (Å²) in [4.78, 5) is 14.2. The van der Waals surface area contributed by atoms with Crippen molar-refractivity contribution in [1.82, 2.24) is 4.72 Å². The van der Waals surface area contributed by atoms with Crippen molar-refractivity contribution in [3.8, 4) is 0 Å². The first-order valence-electron chi connectivity index (χ1n) is 7.55. The van der Waals surface area contributed by atoms with Gasteiger partial charge in [-0.2, -0.15) is 0 Å². The number of nitro benzene ring substituents is 1. The molecule has 6 nitrogen and oxygen atoms in total. The third kappa shape index (κ3) is 4.12. The number of nitro groups is 1. The van der Waals surface area contributed by atoms with Gasteiger partial charge >= 0.3 is 0 Å². The molecule has 0 amide bonds. The van der Waals surface area contributed by atoms with Gasteiger partial charge < -0.3 is 9.64 Å². The van der Waals surface area contributed by atoms with Gasteiger partial charge in [0.05, 0.1) is 4.92 Å². The zero-order chi connectivity index (χ0) is 15.9. The molecule has 122 valence electrons. The Morgan fingerprint density at radius 2 is 2.32 bits per heavy atom. The molecule has 1 aliphatic rings. The van der Waals surface area contributed by atoms with Gasteiger partial charge in [-0.25, -0.2) is 0 Å². The summed E-state index contributed by atoms with van der Waals surface area (Å²) in [7, 11) is 3.50. The number of hydrogen-bond acceptors (Lipinski definition) is 6. The van der Waals surface area contributed by atoms with Crippen LogP contribution in [0.3, 0.4) is 0 Å². The molecule has 1 unspecified atom stereocenters. The highest BCUT2D eigenvalue weighted by Gasteiger charge is 2.28. The van der Waals surface area contributed by atoms with Gasteiger partial charge in [0, 0.05) is 37.3 Å². The van der Waals surface area contributed by atoms with Crippen molar-refractivity contribution in [2.75, 3.05) is 32.2 Å². The zero-order valence-corrected chi connectivity index (χ0v) is 13.9. The van der Waals surface area contributed by atoms with Crippen LogP contribution in [0.5, 0.6) is 0 Å². The van der Waals surface area contributed by atoms with Gasteiger partial charge in [0.15, 0.2) is 0 Å². The minimum atomic E-state index is -0.281. The molecule has 0 saturated carbocycles. The Morgan fingerprint density at radius 3 is 3.00 bits per heavy atom. The topological polar surface area (TPSA) is 67.6 Å². The van der Waals surface area contributed by atoms with Crippen molar-refractivity contribution in [1.29, 1.82) is 0 Å². The fourth-order valence-electron chi connectivity index (χ4n) is 2.95. The molecule has 0 aromatic heterocycles. The van der Waals surface area contributed by atoms with E-state index in [2.05, 4.69) is 9.62 Å². The minimum Gasteiger partial charge on any atom is -0.385 e. The maximum atomic E-state index is 11.5. The van der Waals surface area contributed by atoms with E-state index in [1.165, 1.54) is 18.4 Å². The normalized spacial score (nSPS) is 18.5. The first kappa shape index (κ1) is 17.1. The molecule has 2 rings (SSSR count). The Kier molecular flexibility index (Phi) is 6.48. The highest BCUT2D eigenvalue weighted by atomic mass is 32.2. The lowest BCUT2D eigenvalue weighted by Crippen LogP contribution is -2.40. The van der Waals surface area contributed by atoms with Crippen LogP contribution in [-0.4, -0.2) is 38.3 Å². The summed E-state index contributed by atoms with van der Waals surface area (Å²) in [6.07, 6.45) is 4.22. The molecule has 0 radical (unpaired) electrons. The molecule has 1 heterocycles. The summed E-state index contributed by atoms with van der Waals surface area (Å²) in [6.45, 7) is 1.55. The molecule has 0 bridgehead atoms. The molecule has 1 atom stereocenters. The largest absolute Gasteiger partial charge is 0.385 e. The summed E-state index contributed by atoms with van der Waals surface area (Å²) in [5.74, 6) is 0. The van der Waals surface area contributed by atoms with Crippen LogP contribution < -0.4 is 9.62 Å². The van der Waals surface area contributed by atoms with Crippen LogP contribution in [0.2, 0.25) is 0 Å². The van der Waals surface area contributed by atoms with Crippen molar-refractivity contribution in [3.63, 3.8) is 0 Å². The average molecular weight is 325 g/mol. The molecule has 1 N–H and O–H groups in total. The van der Waals surface area contributed by atoms with E-state index in [-0.39, 0.29) is 10.6 Å². The summed E-state index contributed by atoms with van der Waals surface area (Å²) < 4.78 is 8.14. The Labute approximate surface area is 135 Å². The van der Waals surface area contributed by atoms with Crippen LogP contribution in [0, 0.1) is 10.1 Å². The van der Waals surface area contributed by atoms with Crippen molar-refractivity contribution < 1.29 is 9.66 Å². The summed E-state index contributed by atoms with van der Waals surface area (Å²) in [6, 6.07) is 5.78. The number of rotatable bonds is 7. The lowest BCUT2D eigenvalue weighted by atomic mass is 9.98. The standard InChI is InChI=1S/C15H23N3O3S/c1-16-22-13-6-7-14(15(11-13)18(19)20)17-9-4-3-5-12(17)8-10-21-2/h6-7,11-12,16H,3-5,8-10H2,1-2H3. The van der Waals surface area contributed by atoms with Gasteiger partial charge in [-0.1, -0.05) is 0 Å². The Morgan fingerprint density at radius 1 is 1.50 bits per heavy atom. The molecule has 1 aliphatic heterocycles. The Bertz CT molecular complexity index is 513. The fraction of sp³-hybridized carbons (Fsp3) is 0.600. The SMILES string of the molecule is CNSc1ccc(N2CCCCC2CCOC)c([N+](=O)[O-])c1. The van der Waals surface area contributed by atoms with E-state index in [1.807, 2.05) is 12.1 Å². The highest BCUT2D eigenvalue weighted by Crippen LogP contribution is 2.36. The monoisotopic (exact) mass is 325 g/mol. The number of methoxy groups -OCH3 is 1. The molecule has 1 fully saturated rings. The highest BCUT2D eigenvalue weighted by molar-refractivity contribution is 7.97. The molecule has 0 aliphatic carbocycles. The first-order valence-corrected chi connectivity index (χ1v) is 8.36. The third-order valence-electron chi connectivity index (χ3n) is 3.96. The smallest absolute Gasteiger partial charge is 0.293 e. The van der Waals surface area contributed by atoms with Gasteiger partial charge in [0.25, 0.3) is 5.69 Å². The van der Waals surface area contributed by atoms with E-state index in [0.717, 1.165) is 36.4 Å². The summed E-state index contributed by atoms with van der Waals surface area (Å²) in [5, 5.41) is 11.5. The quantitative estimate of drug-likeness (QED) is 0.472. The van der Waals surface area contributed by atoms with Crippen LogP contribution in [0.25, 0.3) is 0 Å². The number of hydrogen-bond donors (Lipinski definition) is 1. The van der Waals surface area contributed by atoms with E-state index in [9.17, 15) is 10.1 Å². The molecular weight excluding hydrogens is 302 g/mol. The van der Waals surface area contributed by atoms with Gasteiger partial charge in [-0.15, -0.1) is 0 Å². The number of piperidine rings is 1. The third-order valence-corrected chi connectivity index (χ3v) is 4.65. The van der Waals surface area contributed by atoms with Crippen LogP contribution in [-0.2, 0) is 4.74 Å². The van der Waals surface area contributed by atoms with Crippen molar-refractivity contribution >= 4 is 23.3 Å². The Hall–Kier alpha value is -1.31. The first-order chi connectivity index (χ1) is 10.7. The molecule has 0 spiro atoms. The van der Waals surface area contributed by atoms with Crippen LogP contribution in [0.1, 0.15) is 25.7 Å². The second-order valence-corrected chi connectivity index (χ2v) is 6.42. The van der Waals surface area contributed by atoms with E-state index < -0.39 is 0 Å². The lowest BCUT2D eigenvalue weighted by Gasteiger charge is -2.37. The van der Waals surface area contributed by atoms with Crippen LogP contribution in [0.15, 0.2) is 23.1 Å². The number of nitrogens with one attached hydrogen (secondary N) is 1. The number of nitrogens with zero attached hydrogens (tertiary/aromatic N) is 2. The molecule has 1 saturated heterocycles. The molecule has 1 aromatic carbocycles. The molecular formula is C15H23N3O3S. The number of benzene rings is 1. The van der Waals surface area contributed by atoms with E-state index in [4.69, 9.17) is 4.74 Å². The number of ether oxygens (including phenoxy) is 1. The molecule has 22 heavy (non-hydrogen) atoms. The molecule has 1 aromatic rings. The summed E-state index contributed by atoms with van der Waals surface area (Å²) >= 11 is 1.38. The van der Waals surface area contributed by atoms with Crippen LogP contribution in [0.4, 0.5) is 11.4 Å². The average Bonchev–Trinajstić information content (AvgIpc) is 2.53. The van der Waals surface area contributed by atoms with E-state index in [0.29, 0.717) is 12.6 Å². The second kappa shape index (κ2) is 8.36. The molecule has 7 heteroatoms. The summed E-state index contributed by atoms with van der Waals surface area (Å²) in [5.41, 5.74) is 0.913. The van der Waals surface area contributed by atoms with Crippen molar-refractivity contribution in [3.05, 3.63) is 28.3 Å². The maximum Gasteiger partial charge on any atom is 0.293 e. The predicted molar refractivity (Wildman–Crippen MR) is 89.5 cm³/mol. The van der Waals surface area contributed by atoms with E-state index >= 15 is 0 Å². The van der Waals surface area contributed by atoms with Gasteiger partial charge in [0.1, 0.15) is 5.69 Å². The predicted octanol–water partition coefficient (Wildman–Crippen LogP) is 3.22. The van der Waals surface area contributed by atoms with Gasteiger partial charge in [-0.3, -0.25) is 14.8 Å². The lowest BCUT2D eigenvalue weighted by molar-refractivity contribution is -0.384. The minimum absolute atomic E-state index is 0.185.